The van der Waals surface area contributed by atoms with Crippen molar-refractivity contribution in [1.82, 2.24) is 9.88 Å². The monoisotopic (exact) mass is 299 g/mol. The lowest BCUT2D eigenvalue weighted by atomic mass is 10.1. The second-order valence-electron chi connectivity index (χ2n) is 5.12. The average Bonchev–Trinajstić information content (AvgIpc) is 2.54. The van der Waals surface area contributed by atoms with Gasteiger partial charge in [-0.15, -0.1) is 0 Å². The number of hydrogen-bond acceptors (Lipinski definition) is 3. The first-order chi connectivity index (χ1) is 10.7. The highest BCUT2D eigenvalue weighted by molar-refractivity contribution is 5.88. The number of aliphatic hydroxyl groups excluding tert-OH is 1. The van der Waals surface area contributed by atoms with E-state index in [1.54, 1.807) is 23.2 Å². The van der Waals surface area contributed by atoms with Crippen molar-refractivity contribution in [2.75, 3.05) is 11.9 Å². The lowest BCUT2D eigenvalue weighted by molar-refractivity contribution is 0.169. The summed E-state index contributed by atoms with van der Waals surface area (Å²) in [5.74, 6) is 0.516. The summed E-state index contributed by atoms with van der Waals surface area (Å²) in [5.41, 5.74) is 1.04. The van der Waals surface area contributed by atoms with Crippen LogP contribution in [0.25, 0.3) is 0 Å². The van der Waals surface area contributed by atoms with Crippen LogP contribution in [0.2, 0.25) is 0 Å². The normalized spacial score (nSPS) is 11.7. The molecule has 0 spiro atoms. The van der Waals surface area contributed by atoms with Gasteiger partial charge >= 0.3 is 6.03 Å². The summed E-state index contributed by atoms with van der Waals surface area (Å²) < 4.78 is 0. The zero-order chi connectivity index (χ0) is 15.8. The largest absolute Gasteiger partial charge is 0.396 e. The van der Waals surface area contributed by atoms with Crippen LogP contribution in [-0.2, 0) is 6.54 Å². The summed E-state index contributed by atoms with van der Waals surface area (Å²) in [7, 11) is 0. The maximum Gasteiger partial charge on any atom is 0.323 e. The topological polar surface area (TPSA) is 65.5 Å². The Hall–Kier alpha value is -2.40. The van der Waals surface area contributed by atoms with Gasteiger partial charge in [0.05, 0.1) is 0 Å². The van der Waals surface area contributed by atoms with Crippen LogP contribution < -0.4 is 5.32 Å². The number of aliphatic hydroxyl groups is 1. The minimum Gasteiger partial charge on any atom is -0.396 e. The highest BCUT2D eigenvalue weighted by atomic mass is 16.3. The number of carbonyl (C=O) groups is 1. The molecule has 0 aliphatic carbocycles. The van der Waals surface area contributed by atoms with E-state index in [2.05, 4.69) is 10.3 Å². The van der Waals surface area contributed by atoms with E-state index in [0.717, 1.165) is 5.56 Å². The number of anilines is 1. The average molecular weight is 299 g/mol. The van der Waals surface area contributed by atoms with Crippen LogP contribution in [-0.4, -0.2) is 33.7 Å². The van der Waals surface area contributed by atoms with E-state index in [4.69, 9.17) is 5.11 Å². The molecule has 1 aromatic heterocycles. The van der Waals surface area contributed by atoms with Gasteiger partial charge in [-0.2, -0.15) is 0 Å². The third kappa shape index (κ3) is 4.56. The van der Waals surface area contributed by atoms with Gasteiger partial charge in [0.25, 0.3) is 0 Å². The van der Waals surface area contributed by atoms with Crippen LogP contribution in [0, 0.1) is 0 Å². The first-order valence-corrected chi connectivity index (χ1v) is 7.34. The number of pyridine rings is 1. The number of urea groups is 1. The highest BCUT2D eigenvalue weighted by Crippen LogP contribution is 2.13. The minimum absolute atomic E-state index is 0.0450. The van der Waals surface area contributed by atoms with E-state index in [0.29, 0.717) is 18.8 Å². The van der Waals surface area contributed by atoms with E-state index < -0.39 is 0 Å². The van der Waals surface area contributed by atoms with Crippen LogP contribution in [0.5, 0.6) is 0 Å². The number of rotatable bonds is 6. The van der Waals surface area contributed by atoms with Gasteiger partial charge in [-0.3, -0.25) is 5.32 Å². The van der Waals surface area contributed by atoms with Crippen molar-refractivity contribution in [2.24, 2.45) is 0 Å². The summed E-state index contributed by atoms with van der Waals surface area (Å²) in [6, 6.07) is 14.9. The molecule has 1 aromatic carbocycles. The molecule has 22 heavy (non-hydrogen) atoms. The number of benzene rings is 1. The number of amides is 2. The van der Waals surface area contributed by atoms with E-state index in [1.807, 2.05) is 43.3 Å². The van der Waals surface area contributed by atoms with Crippen LogP contribution in [0.1, 0.15) is 18.9 Å². The highest BCUT2D eigenvalue weighted by Gasteiger charge is 2.20. The Morgan fingerprint density at radius 1 is 1.23 bits per heavy atom. The zero-order valence-corrected chi connectivity index (χ0v) is 12.6. The predicted octanol–water partition coefficient (Wildman–Crippen LogP) is 2.89. The summed E-state index contributed by atoms with van der Waals surface area (Å²) in [6.45, 7) is 2.46. The summed E-state index contributed by atoms with van der Waals surface area (Å²) in [6.07, 6.45) is 2.16. The SMILES string of the molecule is CC(CCO)N(Cc1ccccc1)C(=O)Nc1ccccn1. The van der Waals surface area contributed by atoms with Gasteiger partial charge < -0.3 is 10.0 Å². The third-order valence-corrected chi connectivity index (χ3v) is 3.44. The number of nitrogens with one attached hydrogen (secondary N) is 1. The maximum absolute atomic E-state index is 12.5. The Bertz CT molecular complexity index is 575. The molecule has 116 valence electrons. The lowest BCUT2D eigenvalue weighted by Gasteiger charge is -2.29. The van der Waals surface area contributed by atoms with Gasteiger partial charge in [-0.05, 0) is 31.0 Å². The molecule has 2 N–H and O–H groups in total. The summed E-state index contributed by atoms with van der Waals surface area (Å²) in [5, 5.41) is 11.9. The molecule has 5 nitrogen and oxygen atoms in total. The Labute approximate surface area is 130 Å². The first kappa shape index (κ1) is 16.0. The Morgan fingerprint density at radius 2 is 1.95 bits per heavy atom. The quantitative estimate of drug-likeness (QED) is 0.862. The van der Waals surface area contributed by atoms with Gasteiger partial charge in [-0.1, -0.05) is 36.4 Å². The fourth-order valence-corrected chi connectivity index (χ4v) is 2.17. The van der Waals surface area contributed by atoms with E-state index >= 15 is 0 Å². The Kier molecular flexibility index (Phi) is 5.91. The molecule has 0 radical (unpaired) electrons. The van der Waals surface area contributed by atoms with Crippen molar-refractivity contribution in [2.45, 2.75) is 25.9 Å². The van der Waals surface area contributed by atoms with Crippen molar-refractivity contribution < 1.29 is 9.90 Å². The second kappa shape index (κ2) is 8.14. The fraction of sp³-hybridized carbons (Fsp3) is 0.294. The maximum atomic E-state index is 12.5. The minimum atomic E-state index is -0.219. The van der Waals surface area contributed by atoms with Crippen molar-refractivity contribution in [3.8, 4) is 0 Å². The molecule has 1 unspecified atom stereocenters. The van der Waals surface area contributed by atoms with Crippen molar-refractivity contribution in [3.63, 3.8) is 0 Å². The van der Waals surface area contributed by atoms with Crippen LogP contribution in [0.3, 0.4) is 0 Å². The van der Waals surface area contributed by atoms with Gasteiger partial charge in [0, 0.05) is 25.4 Å². The standard InChI is InChI=1S/C17H21N3O2/c1-14(10-12-21)20(13-15-7-3-2-4-8-15)17(22)19-16-9-5-6-11-18-16/h2-9,11,14,21H,10,12-13H2,1H3,(H,18,19,22). The summed E-state index contributed by atoms with van der Waals surface area (Å²) in [4.78, 5) is 18.3. The van der Waals surface area contributed by atoms with E-state index in [9.17, 15) is 4.79 Å². The molecule has 2 rings (SSSR count). The molecule has 0 aliphatic heterocycles. The summed E-state index contributed by atoms with van der Waals surface area (Å²) >= 11 is 0. The molecule has 5 heteroatoms. The Morgan fingerprint density at radius 3 is 2.59 bits per heavy atom. The molecular formula is C17H21N3O2. The van der Waals surface area contributed by atoms with Crippen LogP contribution in [0.15, 0.2) is 54.7 Å². The van der Waals surface area contributed by atoms with Crippen LogP contribution in [0.4, 0.5) is 10.6 Å². The molecular weight excluding hydrogens is 278 g/mol. The zero-order valence-electron chi connectivity index (χ0n) is 12.6. The molecule has 2 amide bonds. The lowest BCUT2D eigenvalue weighted by Crippen LogP contribution is -2.41. The van der Waals surface area contributed by atoms with E-state index in [-0.39, 0.29) is 18.7 Å². The van der Waals surface area contributed by atoms with Crippen LogP contribution >= 0.6 is 0 Å². The van der Waals surface area contributed by atoms with Gasteiger partial charge in [-0.25, -0.2) is 9.78 Å². The number of carbonyl (C=O) groups excluding carboxylic acids is 1. The molecule has 0 aliphatic rings. The van der Waals surface area contributed by atoms with Gasteiger partial charge in [0.2, 0.25) is 0 Å². The second-order valence-corrected chi connectivity index (χ2v) is 5.12. The third-order valence-electron chi connectivity index (χ3n) is 3.44. The van der Waals surface area contributed by atoms with Crippen molar-refractivity contribution >= 4 is 11.8 Å². The molecule has 1 atom stereocenters. The van der Waals surface area contributed by atoms with E-state index in [1.165, 1.54) is 0 Å². The smallest absolute Gasteiger partial charge is 0.323 e. The number of nitrogens with zero attached hydrogens (tertiary/aromatic N) is 2. The molecule has 2 aromatic rings. The van der Waals surface area contributed by atoms with Gasteiger partial charge in [0.1, 0.15) is 5.82 Å². The van der Waals surface area contributed by atoms with Crippen molar-refractivity contribution in [3.05, 3.63) is 60.3 Å². The first-order valence-electron chi connectivity index (χ1n) is 7.34. The number of hydrogen-bond donors (Lipinski definition) is 2. The molecule has 0 bridgehead atoms. The Balaban J connectivity index is 2.11. The number of aromatic nitrogens is 1. The predicted molar refractivity (Wildman–Crippen MR) is 86.4 cm³/mol. The molecule has 0 fully saturated rings. The molecule has 1 heterocycles. The van der Waals surface area contributed by atoms with Crippen molar-refractivity contribution in [1.29, 1.82) is 0 Å². The van der Waals surface area contributed by atoms with Gasteiger partial charge in [0.15, 0.2) is 0 Å². The fourth-order valence-electron chi connectivity index (χ4n) is 2.17. The molecule has 0 saturated heterocycles. The molecule has 0 saturated carbocycles.